The van der Waals surface area contributed by atoms with Gasteiger partial charge < -0.3 is 4.57 Å². The average molecular weight is 560 g/mol. The molecule has 0 spiro atoms. The first-order valence-electron chi connectivity index (χ1n) is 12.9. The predicted molar refractivity (Wildman–Crippen MR) is 151 cm³/mol. The van der Waals surface area contributed by atoms with E-state index in [0.717, 1.165) is 62.9 Å². The summed E-state index contributed by atoms with van der Waals surface area (Å²) in [6.07, 6.45) is -8.93. The summed E-state index contributed by atoms with van der Waals surface area (Å²) in [5.74, 6) is 0. The standard InChI is InChI=1S/C34H23F6N/c1-20-3-13-31-29(15-20)30-16-21(2)4-14-32(30)41(31)28-18-24(22-5-9-26(10-6-22)33(35,36)37)17-25(19-28)23-7-11-27(12-8-23)34(38,39)40/h3-19H,1-2H3. The molecule has 6 rings (SSSR count). The maximum absolute atomic E-state index is 13.2. The minimum atomic E-state index is -4.47. The van der Waals surface area contributed by atoms with Crippen LogP contribution in [0.1, 0.15) is 22.3 Å². The number of nitrogens with zero attached hydrogens (tertiary/aromatic N) is 1. The summed E-state index contributed by atoms with van der Waals surface area (Å²) >= 11 is 0. The zero-order chi connectivity index (χ0) is 29.1. The Morgan fingerprint density at radius 1 is 0.439 bits per heavy atom. The van der Waals surface area contributed by atoms with Crippen LogP contribution >= 0.6 is 0 Å². The highest BCUT2D eigenvalue weighted by Gasteiger charge is 2.31. The van der Waals surface area contributed by atoms with E-state index in [-0.39, 0.29) is 0 Å². The van der Waals surface area contributed by atoms with Crippen molar-refractivity contribution < 1.29 is 26.3 Å². The minimum absolute atomic E-state index is 0.556. The SMILES string of the molecule is Cc1ccc2c(c1)c1cc(C)ccc1n2-c1cc(-c2ccc(C(F)(F)F)cc2)cc(-c2ccc(C(F)(F)F)cc2)c1. The smallest absolute Gasteiger partial charge is 0.309 e. The van der Waals surface area contributed by atoms with Crippen LogP contribution in [0.3, 0.4) is 0 Å². The van der Waals surface area contributed by atoms with Gasteiger partial charge in [-0.1, -0.05) is 47.5 Å². The second-order valence-corrected chi connectivity index (χ2v) is 10.3. The molecule has 206 valence electrons. The van der Waals surface area contributed by atoms with Crippen molar-refractivity contribution in [3.8, 4) is 27.9 Å². The Balaban J connectivity index is 1.61. The van der Waals surface area contributed by atoms with Crippen LogP contribution in [0.15, 0.2) is 103 Å². The molecule has 1 heterocycles. The van der Waals surface area contributed by atoms with Gasteiger partial charge in [0.15, 0.2) is 0 Å². The van der Waals surface area contributed by atoms with Crippen LogP contribution in [-0.4, -0.2) is 4.57 Å². The number of fused-ring (bicyclic) bond motifs is 3. The van der Waals surface area contributed by atoms with Gasteiger partial charge >= 0.3 is 12.4 Å². The quantitative estimate of drug-likeness (QED) is 0.190. The Hall–Kier alpha value is -4.52. The summed E-state index contributed by atoms with van der Waals surface area (Å²) in [5.41, 5.74) is 5.70. The number of aryl methyl sites for hydroxylation is 2. The molecule has 1 aromatic heterocycles. The van der Waals surface area contributed by atoms with E-state index in [4.69, 9.17) is 0 Å². The molecule has 7 heteroatoms. The van der Waals surface area contributed by atoms with Crippen LogP contribution in [-0.2, 0) is 12.4 Å². The normalized spacial score (nSPS) is 12.4. The maximum atomic E-state index is 13.2. The van der Waals surface area contributed by atoms with Crippen molar-refractivity contribution in [2.75, 3.05) is 0 Å². The molecule has 0 unspecified atom stereocenters. The van der Waals surface area contributed by atoms with Crippen molar-refractivity contribution >= 4 is 21.8 Å². The van der Waals surface area contributed by atoms with E-state index in [1.807, 2.05) is 50.2 Å². The van der Waals surface area contributed by atoms with Crippen LogP contribution < -0.4 is 0 Å². The zero-order valence-electron chi connectivity index (χ0n) is 22.0. The maximum Gasteiger partial charge on any atom is 0.416 e. The summed E-state index contributed by atoms with van der Waals surface area (Å²) in [5, 5.41) is 2.11. The van der Waals surface area contributed by atoms with Crippen LogP contribution in [0, 0.1) is 13.8 Å². The highest BCUT2D eigenvalue weighted by molar-refractivity contribution is 6.09. The number of alkyl halides is 6. The minimum Gasteiger partial charge on any atom is -0.309 e. The van der Waals surface area contributed by atoms with Crippen molar-refractivity contribution in [1.82, 2.24) is 4.57 Å². The molecule has 0 aliphatic heterocycles. The van der Waals surface area contributed by atoms with Gasteiger partial charge in [-0.3, -0.25) is 0 Å². The first-order chi connectivity index (χ1) is 19.4. The summed E-state index contributed by atoms with van der Waals surface area (Å²) in [6, 6.07) is 27.7. The average Bonchev–Trinajstić information content (AvgIpc) is 3.24. The molecule has 6 aromatic rings. The fraction of sp³-hybridized carbons (Fsp3) is 0.118. The van der Waals surface area contributed by atoms with E-state index in [9.17, 15) is 26.3 Å². The van der Waals surface area contributed by atoms with Gasteiger partial charge in [-0.25, -0.2) is 0 Å². The Kier molecular flexibility index (Phi) is 6.21. The molecule has 41 heavy (non-hydrogen) atoms. The molecule has 0 aliphatic rings. The molecule has 0 N–H and O–H groups in total. The van der Waals surface area contributed by atoms with E-state index in [1.54, 1.807) is 6.07 Å². The second kappa shape index (κ2) is 9.54. The van der Waals surface area contributed by atoms with Gasteiger partial charge in [0.05, 0.1) is 22.2 Å². The van der Waals surface area contributed by atoms with E-state index in [2.05, 4.69) is 16.7 Å². The molecular weight excluding hydrogens is 536 g/mol. The number of hydrogen-bond donors (Lipinski definition) is 0. The Bertz CT molecular complexity index is 1770. The van der Waals surface area contributed by atoms with Gasteiger partial charge in [-0.15, -0.1) is 0 Å². The van der Waals surface area contributed by atoms with Gasteiger partial charge in [0.25, 0.3) is 0 Å². The molecule has 0 fully saturated rings. The Morgan fingerprint density at radius 2 is 0.829 bits per heavy atom. The molecule has 1 nitrogen and oxygen atoms in total. The summed E-state index contributed by atoms with van der Waals surface area (Å²) in [7, 11) is 0. The molecule has 0 saturated carbocycles. The predicted octanol–water partition coefficient (Wildman–Crippen LogP) is 10.8. The Morgan fingerprint density at radius 3 is 1.20 bits per heavy atom. The number of hydrogen-bond acceptors (Lipinski definition) is 0. The van der Waals surface area contributed by atoms with E-state index in [0.29, 0.717) is 22.3 Å². The summed E-state index contributed by atoms with van der Waals surface area (Å²) in [4.78, 5) is 0. The highest BCUT2D eigenvalue weighted by Crippen LogP contribution is 2.38. The van der Waals surface area contributed by atoms with Gasteiger partial charge in [0.1, 0.15) is 0 Å². The van der Waals surface area contributed by atoms with E-state index < -0.39 is 23.5 Å². The molecule has 0 radical (unpaired) electrons. The van der Waals surface area contributed by atoms with Crippen LogP contribution in [0.4, 0.5) is 26.3 Å². The third kappa shape index (κ3) is 4.97. The van der Waals surface area contributed by atoms with Gasteiger partial charge in [0.2, 0.25) is 0 Å². The fourth-order valence-corrected chi connectivity index (χ4v) is 5.31. The van der Waals surface area contributed by atoms with Crippen molar-refractivity contribution in [3.05, 3.63) is 125 Å². The largest absolute Gasteiger partial charge is 0.416 e. The van der Waals surface area contributed by atoms with Gasteiger partial charge in [-0.2, -0.15) is 26.3 Å². The van der Waals surface area contributed by atoms with Gasteiger partial charge in [0, 0.05) is 16.5 Å². The third-order valence-corrected chi connectivity index (χ3v) is 7.34. The van der Waals surface area contributed by atoms with Crippen molar-refractivity contribution in [2.24, 2.45) is 0 Å². The molecule has 0 aliphatic carbocycles. The lowest BCUT2D eigenvalue weighted by Crippen LogP contribution is -2.04. The van der Waals surface area contributed by atoms with Crippen molar-refractivity contribution in [3.63, 3.8) is 0 Å². The first kappa shape index (κ1) is 26.7. The lowest BCUT2D eigenvalue weighted by atomic mass is 9.96. The molecule has 0 atom stereocenters. The third-order valence-electron chi connectivity index (χ3n) is 7.34. The lowest BCUT2D eigenvalue weighted by Gasteiger charge is -2.15. The molecule has 5 aromatic carbocycles. The highest BCUT2D eigenvalue weighted by atomic mass is 19.4. The van der Waals surface area contributed by atoms with E-state index >= 15 is 0 Å². The van der Waals surface area contributed by atoms with Crippen molar-refractivity contribution in [1.29, 1.82) is 0 Å². The molecule has 0 bridgehead atoms. The summed E-state index contributed by atoms with van der Waals surface area (Å²) in [6.45, 7) is 4.04. The number of rotatable bonds is 3. The Labute approximate surface area is 232 Å². The monoisotopic (exact) mass is 559 g/mol. The molecule has 0 saturated heterocycles. The first-order valence-corrected chi connectivity index (χ1v) is 12.9. The number of halogens is 6. The lowest BCUT2D eigenvalue weighted by molar-refractivity contribution is -0.138. The number of benzene rings is 5. The van der Waals surface area contributed by atoms with Crippen LogP contribution in [0.25, 0.3) is 49.7 Å². The van der Waals surface area contributed by atoms with Crippen molar-refractivity contribution in [2.45, 2.75) is 26.2 Å². The molecular formula is C34H23F6N. The van der Waals surface area contributed by atoms with Crippen LogP contribution in [0.5, 0.6) is 0 Å². The van der Waals surface area contributed by atoms with Crippen LogP contribution in [0.2, 0.25) is 0 Å². The van der Waals surface area contributed by atoms with Gasteiger partial charge in [-0.05, 0) is 103 Å². The fourth-order valence-electron chi connectivity index (χ4n) is 5.31. The topological polar surface area (TPSA) is 4.93 Å². The second-order valence-electron chi connectivity index (χ2n) is 10.3. The molecule has 0 amide bonds. The number of aromatic nitrogens is 1. The van der Waals surface area contributed by atoms with E-state index in [1.165, 1.54) is 24.3 Å². The summed E-state index contributed by atoms with van der Waals surface area (Å²) < 4.78 is 81.6. The zero-order valence-corrected chi connectivity index (χ0v) is 22.0.